The highest BCUT2D eigenvalue weighted by Crippen LogP contribution is 2.31. The SMILES string of the molecule is CN(CC(=O)N(C)C)Cc1nc(-c2cccc(C(F)(F)F)c2)no1. The summed E-state index contributed by atoms with van der Waals surface area (Å²) in [5, 5.41) is 3.70. The van der Waals surface area contributed by atoms with Crippen LogP contribution < -0.4 is 0 Å². The van der Waals surface area contributed by atoms with Crippen molar-refractivity contribution < 1.29 is 22.5 Å². The molecule has 9 heteroatoms. The first-order chi connectivity index (χ1) is 11.2. The van der Waals surface area contributed by atoms with E-state index in [1.807, 2.05) is 0 Å². The number of likely N-dealkylation sites (N-methyl/N-ethyl adjacent to an activating group) is 2. The molecule has 24 heavy (non-hydrogen) atoms. The topological polar surface area (TPSA) is 62.5 Å². The highest BCUT2D eigenvalue weighted by atomic mass is 19.4. The van der Waals surface area contributed by atoms with Gasteiger partial charge in [-0.05, 0) is 19.2 Å². The molecular formula is C15H17F3N4O2. The van der Waals surface area contributed by atoms with Gasteiger partial charge < -0.3 is 9.42 Å². The van der Waals surface area contributed by atoms with Gasteiger partial charge in [-0.25, -0.2) is 0 Å². The number of hydrogen-bond acceptors (Lipinski definition) is 5. The number of halogens is 3. The Morgan fingerprint density at radius 1 is 1.25 bits per heavy atom. The third-order valence-electron chi connectivity index (χ3n) is 3.23. The summed E-state index contributed by atoms with van der Waals surface area (Å²) < 4.78 is 43.3. The van der Waals surface area contributed by atoms with Gasteiger partial charge in [0.2, 0.25) is 17.6 Å². The van der Waals surface area contributed by atoms with Crippen LogP contribution in [-0.2, 0) is 17.5 Å². The number of carbonyl (C=O) groups excluding carboxylic acids is 1. The Kier molecular flexibility index (Phi) is 5.23. The van der Waals surface area contributed by atoms with E-state index in [0.29, 0.717) is 0 Å². The van der Waals surface area contributed by atoms with E-state index in [9.17, 15) is 18.0 Å². The van der Waals surface area contributed by atoms with Crippen LogP contribution in [0.2, 0.25) is 0 Å². The Morgan fingerprint density at radius 3 is 2.58 bits per heavy atom. The zero-order chi connectivity index (χ0) is 17.9. The molecule has 0 aliphatic carbocycles. The van der Waals surface area contributed by atoms with Crippen LogP contribution in [0.25, 0.3) is 11.4 Å². The minimum absolute atomic E-state index is 0.0726. The summed E-state index contributed by atoms with van der Waals surface area (Å²) in [7, 11) is 5.00. The Morgan fingerprint density at radius 2 is 1.96 bits per heavy atom. The molecule has 0 saturated heterocycles. The average molecular weight is 342 g/mol. The normalized spacial score (nSPS) is 11.8. The molecule has 0 bridgehead atoms. The average Bonchev–Trinajstić information content (AvgIpc) is 2.94. The Balaban J connectivity index is 2.10. The lowest BCUT2D eigenvalue weighted by atomic mass is 10.1. The van der Waals surface area contributed by atoms with Gasteiger partial charge in [-0.1, -0.05) is 17.3 Å². The standard InChI is InChI=1S/C15H17F3N4O2/c1-21(2)13(23)9-22(3)8-12-19-14(20-24-12)10-5-4-6-11(7-10)15(16,17)18/h4-7H,8-9H2,1-3H3. The molecule has 2 rings (SSSR count). The largest absolute Gasteiger partial charge is 0.416 e. The first-order valence-electron chi connectivity index (χ1n) is 7.05. The lowest BCUT2D eigenvalue weighted by molar-refractivity contribution is -0.137. The molecule has 0 aliphatic rings. The summed E-state index contributed by atoms with van der Waals surface area (Å²) in [6.07, 6.45) is -4.44. The fraction of sp³-hybridized carbons (Fsp3) is 0.400. The number of aromatic nitrogens is 2. The molecule has 6 nitrogen and oxygen atoms in total. The van der Waals surface area contributed by atoms with Gasteiger partial charge in [0.1, 0.15) is 0 Å². The van der Waals surface area contributed by atoms with Crippen molar-refractivity contribution in [3.63, 3.8) is 0 Å². The molecule has 0 aliphatic heterocycles. The summed E-state index contributed by atoms with van der Waals surface area (Å²) in [5.41, 5.74) is -0.563. The van der Waals surface area contributed by atoms with Gasteiger partial charge in [-0.3, -0.25) is 9.69 Å². The van der Waals surface area contributed by atoms with Crippen LogP contribution in [0.4, 0.5) is 13.2 Å². The second kappa shape index (κ2) is 7.00. The third kappa shape index (κ3) is 4.54. The predicted molar refractivity (Wildman–Crippen MR) is 79.8 cm³/mol. The van der Waals surface area contributed by atoms with E-state index >= 15 is 0 Å². The van der Waals surface area contributed by atoms with Crippen LogP contribution in [0.3, 0.4) is 0 Å². The first kappa shape index (κ1) is 17.9. The molecule has 1 aromatic heterocycles. The zero-order valence-corrected chi connectivity index (χ0v) is 13.5. The van der Waals surface area contributed by atoms with Crippen molar-refractivity contribution in [1.29, 1.82) is 0 Å². The summed E-state index contributed by atoms with van der Waals surface area (Å²) in [4.78, 5) is 18.8. The Labute approximate surface area is 136 Å². The Bertz CT molecular complexity index is 713. The van der Waals surface area contributed by atoms with Crippen molar-refractivity contribution in [2.24, 2.45) is 0 Å². The molecule has 1 heterocycles. The number of amides is 1. The number of hydrogen-bond donors (Lipinski definition) is 0. The van der Waals surface area contributed by atoms with Crippen LogP contribution in [0.1, 0.15) is 11.5 Å². The van der Waals surface area contributed by atoms with Gasteiger partial charge in [0.15, 0.2) is 0 Å². The number of rotatable bonds is 5. The second-order valence-electron chi connectivity index (χ2n) is 5.55. The molecule has 0 spiro atoms. The summed E-state index contributed by atoms with van der Waals surface area (Å²) >= 11 is 0. The smallest absolute Gasteiger partial charge is 0.348 e. The van der Waals surface area contributed by atoms with Crippen LogP contribution in [0, 0.1) is 0 Å². The molecular weight excluding hydrogens is 325 g/mol. The van der Waals surface area contributed by atoms with Crippen molar-refractivity contribution in [3.8, 4) is 11.4 Å². The van der Waals surface area contributed by atoms with Gasteiger partial charge in [0.05, 0.1) is 18.7 Å². The van der Waals surface area contributed by atoms with Crippen LogP contribution in [-0.4, -0.2) is 53.5 Å². The van der Waals surface area contributed by atoms with E-state index in [2.05, 4.69) is 10.1 Å². The number of alkyl halides is 3. The number of benzene rings is 1. The van der Waals surface area contributed by atoms with Gasteiger partial charge in [0.25, 0.3) is 0 Å². The maximum Gasteiger partial charge on any atom is 0.416 e. The molecule has 0 saturated carbocycles. The maximum atomic E-state index is 12.7. The van der Waals surface area contributed by atoms with Gasteiger partial charge in [-0.2, -0.15) is 18.2 Å². The molecule has 0 atom stereocenters. The quantitative estimate of drug-likeness (QED) is 0.834. The third-order valence-corrected chi connectivity index (χ3v) is 3.23. The summed E-state index contributed by atoms with van der Waals surface area (Å²) in [6.45, 7) is 0.375. The molecule has 0 fully saturated rings. The monoisotopic (exact) mass is 342 g/mol. The van der Waals surface area contributed by atoms with Crippen molar-refractivity contribution in [2.75, 3.05) is 27.7 Å². The van der Waals surface area contributed by atoms with Crippen LogP contribution in [0.5, 0.6) is 0 Å². The van der Waals surface area contributed by atoms with E-state index in [1.54, 1.807) is 26.0 Å². The fourth-order valence-electron chi connectivity index (χ4n) is 1.93. The van der Waals surface area contributed by atoms with E-state index in [4.69, 9.17) is 4.52 Å². The fourth-order valence-corrected chi connectivity index (χ4v) is 1.93. The number of carbonyl (C=O) groups is 1. The van der Waals surface area contributed by atoms with Crippen LogP contribution in [0.15, 0.2) is 28.8 Å². The van der Waals surface area contributed by atoms with Crippen molar-refractivity contribution in [2.45, 2.75) is 12.7 Å². The van der Waals surface area contributed by atoms with E-state index in [1.165, 1.54) is 17.0 Å². The van der Waals surface area contributed by atoms with Gasteiger partial charge >= 0.3 is 6.18 Å². The van der Waals surface area contributed by atoms with Gasteiger partial charge in [-0.15, -0.1) is 0 Å². The second-order valence-corrected chi connectivity index (χ2v) is 5.55. The maximum absolute atomic E-state index is 12.7. The van der Waals surface area contributed by atoms with E-state index < -0.39 is 11.7 Å². The highest BCUT2D eigenvalue weighted by Gasteiger charge is 2.30. The van der Waals surface area contributed by atoms with E-state index in [-0.39, 0.29) is 36.3 Å². The first-order valence-corrected chi connectivity index (χ1v) is 7.05. The lowest BCUT2D eigenvalue weighted by Gasteiger charge is -2.16. The predicted octanol–water partition coefficient (Wildman–Crippen LogP) is 2.28. The van der Waals surface area contributed by atoms with Gasteiger partial charge in [0, 0.05) is 19.7 Å². The highest BCUT2D eigenvalue weighted by molar-refractivity contribution is 5.77. The van der Waals surface area contributed by atoms with Crippen LogP contribution >= 0.6 is 0 Å². The molecule has 2 aromatic rings. The molecule has 0 unspecified atom stereocenters. The van der Waals surface area contributed by atoms with Crippen molar-refractivity contribution in [1.82, 2.24) is 19.9 Å². The Hall–Kier alpha value is -2.42. The zero-order valence-electron chi connectivity index (χ0n) is 13.5. The van der Waals surface area contributed by atoms with Crippen molar-refractivity contribution >= 4 is 5.91 Å². The summed E-state index contributed by atoms with van der Waals surface area (Å²) in [6, 6.07) is 4.71. The summed E-state index contributed by atoms with van der Waals surface area (Å²) in [5.74, 6) is 0.204. The molecule has 1 amide bonds. The lowest BCUT2D eigenvalue weighted by Crippen LogP contribution is -2.34. The minimum atomic E-state index is -4.44. The van der Waals surface area contributed by atoms with E-state index in [0.717, 1.165) is 12.1 Å². The molecule has 0 radical (unpaired) electrons. The molecule has 0 N–H and O–H groups in total. The number of nitrogens with zero attached hydrogens (tertiary/aromatic N) is 4. The minimum Gasteiger partial charge on any atom is -0.348 e. The van der Waals surface area contributed by atoms with Crippen molar-refractivity contribution in [3.05, 3.63) is 35.7 Å². The molecule has 1 aromatic carbocycles. The molecule has 130 valence electrons.